The molecular formula is C64H123NO9. The van der Waals surface area contributed by atoms with Gasteiger partial charge in [-0.05, 0) is 44.9 Å². The number of carbonyl (C=O) groups is 1. The summed E-state index contributed by atoms with van der Waals surface area (Å²) in [6.45, 7) is 3.71. The number of carbonyl (C=O) groups excluding carboxylic acids is 1. The summed E-state index contributed by atoms with van der Waals surface area (Å²) < 4.78 is 11.3. The third kappa shape index (κ3) is 41.7. The van der Waals surface area contributed by atoms with Gasteiger partial charge in [-0.15, -0.1) is 0 Å². The normalized spacial score (nSPS) is 19.5. The van der Waals surface area contributed by atoms with Crippen molar-refractivity contribution in [2.24, 2.45) is 0 Å². The molecule has 0 aromatic heterocycles. The van der Waals surface area contributed by atoms with Crippen molar-refractivity contribution in [1.29, 1.82) is 0 Å². The second-order valence-corrected chi connectivity index (χ2v) is 22.7. The van der Waals surface area contributed by atoms with Crippen molar-refractivity contribution in [3.63, 3.8) is 0 Å². The van der Waals surface area contributed by atoms with Gasteiger partial charge < -0.3 is 45.4 Å². The lowest BCUT2D eigenvalue weighted by Crippen LogP contribution is -2.60. The predicted octanol–water partition coefficient (Wildman–Crippen LogP) is 15.5. The van der Waals surface area contributed by atoms with Crippen LogP contribution in [0.3, 0.4) is 0 Å². The first-order valence-corrected chi connectivity index (χ1v) is 32.1. The number of hydrogen-bond donors (Lipinski definition) is 7. The summed E-state index contributed by atoms with van der Waals surface area (Å²) >= 11 is 0. The number of ether oxygens (including phenoxy) is 2. The quantitative estimate of drug-likeness (QED) is 0.0232. The van der Waals surface area contributed by atoms with Gasteiger partial charge in [-0.1, -0.05) is 295 Å². The maximum atomic E-state index is 13.2. The van der Waals surface area contributed by atoms with Crippen molar-refractivity contribution >= 4 is 5.91 Å². The Bertz CT molecular complexity index is 1230. The Morgan fingerprint density at radius 3 is 1.16 bits per heavy atom. The monoisotopic (exact) mass is 1050 g/mol. The van der Waals surface area contributed by atoms with Crippen LogP contribution < -0.4 is 5.32 Å². The van der Waals surface area contributed by atoms with Crippen molar-refractivity contribution in [2.45, 2.75) is 365 Å². The molecular weight excluding hydrogens is 927 g/mol. The van der Waals surface area contributed by atoms with Crippen LogP contribution in [0.5, 0.6) is 0 Å². The standard InChI is InChI=1S/C64H123NO9/c1-3-5-7-9-11-13-15-17-19-20-21-22-23-24-25-26-27-28-29-30-31-32-33-34-35-36-37-39-41-43-45-47-49-51-53-58(68)63(72)65-56(55-73-64-62(71)61(70)60(69)59(54-66)74-64)57(67)52-50-48-46-44-42-40-38-18-16-14-12-10-8-6-4-2/h23-24,26-27,56-62,64,66-71H,3-22,25,28-55H2,1-2H3,(H,65,72)/b24-23-,27-26-. The molecule has 74 heavy (non-hydrogen) atoms. The van der Waals surface area contributed by atoms with Crippen LogP contribution in [0.4, 0.5) is 0 Å². The molecule has 1 saturated heterocycles. The summed E-state index contributed by atoms with van der Waals surface area (Å²) in [6, 6.07) is -0.893. The number of allylic oxidation sites excluding steroid dienone is 4. The number of rotatable bonds is 56. The highest BCUT2D eigenvalue weighted by molar-refractivity contribution is 5.80. The van der Waals surface area contributed by atoms with Gasteiger partial charge in [0.15, 0.2) is 6.29 Å². The van der Waals surface area contributed by atoms with Crippen LogP contribution in [0.15, 0.2) is 24.3 Å². The molecule has 1 aliphatic rings. The van der Waals surface area contributed by atoms with Crippen LogP contribution in [-0.2, 0) is 14.3 Å². The molecule has 0 bridgehead atoms. The van der Waals surface area contributed by atoms with E-state index in [9.17, 15) is 35.4 Å². The Balaban J connectivity index is 2.12. The van der Waals surface area contributed by atoms with E-state index >= 15 is 0 Å². The number of nitrogens with one attached hydrogen (secondary N) is 1. The number of unbranched alkanes of at least 4 members (excludes halogenated alkanes) is 41. The molecule has 0 aliphatic carbocycles. The fraction of sp³-hybridized carbons (Fsp3) is 0.922. The highest BCUT2D eigenvalue weighted by Gasteiger charge is 2.44. The lowest BCUT2D eigenvalue weighted by atomic mass is 9.99. The van der Waals surface area contributed by atoms with E-state index < -0.39 is 61.5 Å². The Kier molecular flexibility index (Phi) is 51.2. The van der Waals surface area contributed by atoms with E-state index in [0.717, 1.165) is 57.8 Å². The first kappa shape index (κ1) is 70.6. The van der Waals surface area contributed by atoms with Gasteiger partial charge in [-0.3, -0.25) is 4.79 Å². The summed E-state index contributed by atoms with van der Waals surface area (Å²) in [5.74, 6) is -0.579. The number of hydrogen-bond acceptors (Lipinski definition) is 9. The minimum Gasteiger partial charge on any atom is -0.394 e. The first-order chi connectivity index (χ1) is 36.3. The largest absolute Gasteiger partial charge is 0.394 e. The lowest BCUT2D eigenvalue weighted by molar-refractivity contribution is -0.302. The molecule has 10 nitrogen and oxygen atoms in total. The van der Waals surface area contributed by atoms with Crippen molar-refractivity contribution in [3.8, 4) is 0 Å². The fourth-order valence-electron chi connectivity index (χ4n) is 10.5. The lowest BCUT2D eigenvalue weighted by Gasteiger charge is -2.40. The van der Waals surface area contributed by atoms with E-state index in [1.807, 2.05) is 0 Å². The Morgan fingerprint density at radius 2 is 0.797 bits per heavy atom. The van der Waals surface area contributed by atoms with E-state index in [-0.39, 0.29) is 6.61 Å². The SMILES string of the molecule is CCCCCCCCCCCCC/C=C\C/C=C\CCCCCCCCCCCCCCCCCCC(O)C(=O)NC(COC1OC(CO)C(O)C(O)C1O)C(O)CCCCCCCCCCCCCCCCC. The van der Waals surface area contributed by atoms with Crippen LogP contribution in [0, 0.1) is 0 Å². The molecule has 0 radical (unpaired) electrons. The van der Waals surface area contributed by atoms with Crippen LogP contribution in [0.2, 0.25) is 0 Å². The number of aliphatic hydroxyl groups excluding tert-OH is 6. The Morgan fingerprint density at radius 1 is 0.459 bits per heavy atom. The van der Waals surface area contributed by atoms with Gasteiger partial charge in [0, 0.05) is 0 Å². The highest BCUT2D eigenvalue weighted by atomic mass is 16.7. The molecule has 1 aliphatic heterocycles. The zero-order valence-electron chi connectivity index (χ0n) is 48.5. The number of amides is 1. The smallest absolute Gasteiger partial charge is 0.249 e. The van der Waals surface area contributed by atoms with Gasteiger partial charge in [0.05, 0.1) is 25.4 Å². The second-order valence-electron chi connectivity index (χ2n) is 22.7. The van der Waals surface area contributed by atoms with E-state index in [4.69, 9.17) is 9.47 Å². The fourth-order valence-corrected chi connectivity index (χ4v) is 10.5. The molecule has 8 atom stereocenters. The summed E-state index contributed by atoms with van der Waals surface area (Å²) in [5, 5.41) is 65.3. The van der Waals surface area contributed by atoms with Crippen LogP contribution in [-0.4, -0.2) is 98.7 Å². The van der Waals surface area contributed by atoms with Crippen LogP contribution >= 0.6 is 0 Å². The summed E-state index contributed by atoms with van der Waals surface area (Å²) in [5.41, 5.74) is 0. The molecule has 10 heteroatoms. The molecule has 0 aromatic rings. The second kappa shape index (κ2) is 53.6. The third-order valence-corrected chi connectivity index (χ3v) is 15.7. The topological polar surface area (TPSA) is 169 Å². The van der Waals surface area contributed by atoms with Crippen molar-refractivity contribution in [1.82, 2.24) is 5.32 Å². The molecule has 1 heterocycles. The molecule has 0 saturated carbocycles. The van der Waals surface area contributed by atoms with Crippen molar-refractivity contribution in [2.75, 3.05) is 13.2 Å². The van der Waals surface area contributed by atoms with Crippen LogP contribution in [0.1, 0.15) is 316 Å². The maximum Gasteiger partial charge on any atom is 0.249 e. The molecule has 0 spiro atoms. The number of aliphatic hydroxyl groups is 6. The van der Waals surface area contributed by atoms with Gasteiger partial charge in [-0.25, -0.2) is 0 Å². The zero-order valence-corrected chi connectivity index (χ0v) is 48.5. The van der Waals surface area contributed by atoms with E-state index in [2.05, 4.69) is 43.5 Å². The van der Waals surface area contributed by atoms with Gasteiger partial charge in [0.25, 0.3) is 0 Å². The molecule has 7 N–H and O–H groups in total. The van der Waals surface area contributed by atoms with Gasteiger partial charge in [-0.2, -0.15) is 0 Å². The minimum atomic E-state index is -1.60. The minimum absolute atomic E-state index is 0.252. The van der Waals surface area contributed by atoms with E-state index in [1.54, 1.807) is 0 Å². The molecule has 438 valence electrons. The highest BCUT2D eigenvalue weighted by Crippen LogP contribution is 2.24. The third-order valence-electron chi connectivity index (χ3n) is 15.7. The maximum absolute atomic E-state index is 13.2. The average Bonchev–Trinajstić information content (AvgIpc) is 3.40. The van der Waals surface area contributed by atoms with Crippen molar-refractivity contribution < 1.29 is 44.9 Å². The molecule has 1 amide bonds. The zero-order chi connectivity index (χ0) is 53.8. The average molecular weight is 1050 g/mol. The Hall–Kier alpha value is -1.37. The molecule has 1 fully saturated rings. The summed E-state index contributed by atoms with van der Waals surface area (Å²) in [4.78, 5) is 13.2. The van der Waals surface area contributed by atoms with Crippen molar-refractivity contribution in [3.05, 3.63) is 24.3 Å². The first-order valence-electron chi connectivity index (χ1n) is 32.1. The Labute approximate surface area is 456 Å². The van der Waals surface area contributed by atoms with Gasteiger partial charge in [0.1, 0.15) is 30.5 Å². The van der Waals surface area contributed by atoms with Gasteiger partial charge >= 0.3 is 0 Å². The predicted molar refractivity (Wildman–Crippen MR) is 310 cm³/mol. The molecule has 8 unspecified atom stereocenters. The summed E-state index contributed by atoms with van der Waals surface area (Å²) in [7, 11) is 0. The molecule has 1 rings (SSSR count). The van der Waals surface area contributed by atoms with Crippen LogP contribution in [0.25, 0.3) is 0 Å². The molecule has 0 aromatic carbocycles. The summed E-state index contributed by atoms with van der Waals surface area (Å²) in [6.07, 6.45) is 58.4. The van der Waals surface area contributed by atoms with E-state index in [1.165, 1.54) is 231 Å². The van der Waals surface area contributed by atoms with E-state index in [0.29, 0.717) is 12.8 Å². The van der Waals surface area contributed by atoms with Gasteiger partial charge in [0.2, 0.25) is 5.91 Å².